The molecular formula is C22H14Cl2FN3O2. The third kappa shape index (κ3) is 3.67. The lowest BCUT2D eigenvalue weighted by molar-refractivity contribution is 0.0692. The van der Waals surface area contributed by atoms with Crippen LogP contribution in [0.3, 0.4) is 0 Å². The predicted molar refractivity (Wildman–Crippen MR) is 114 cm³/mol. The van der Waals surface area contributed by atoms with Crippen LogP contribution in [0.25, 0.3) is 28.5 Å². The molecule has 4 aromatic rings. The van der Waals surface area contributed by atoms with Crippen LogP contribution in [0.15, 0.2) is 60.8 Å². The molecule has 4 rings (SSSR count). The van der Waals surface area contributed by atoms with Crippen molar-refractivity contribution in [1.29, 1.82) is 0 Å². The molecule has 1 N–H and O–H groups in total. The van der Waals surface area contributed by atoms with Gasteiger partial charge in [-0.15, -0.1) is 0 Å². The van der Waals surface area contributed by atoms with Crippen molar-refractivity contribution in [3.8, 4) is 28.5 Å². The summed E-state index contributed by atoms with van der Waals surface area (Å²) in [6.45, 7) is 1.95. The summed E-state index contributed by atoms with van der Waals surface area (Å²) >= 11 is 12.1. The normalized spacial score (nSPS) is 10.9. The number of hydrogen-bond acceptors (Lipinski definition) is 3. The van der Waals surface area contributed by atoms with Crippen LogP contribution in [0.2, 0.25) is 10.0 Å². The highest BCUT2D eigenvalue weighted by molar-refractivity contribution is 6.31. The quantitative estimate of drug-likeness (QED) is 0.418. The summed E-state index contributed by atoms with van der Waals surface area (Å²) in [5.74, 6) is -1.12. The van der Waals surface area contributed by atoms with Crippen molar-refractivity contribution in [2.45, 2.75) is 6.92 Å². The highest BCUT2D eigenvalue weighted by atomic mass is 35.5. The van der Waals surface area contributed by atoms with E-state index < -0.39 is 11.8 Å². The lowest BCUT2D eigenvalue weighted by Crippen LogP contribution is -2.05. The number of nitrogens with zero attached hydrogens (tertiary/aromatic N) is 3. The summed E-state index contributed by atoms with van der Waals surface area (Å²) in [6, 6.07) is 14.7. The van der Waals surface area contributed by atoms with E-state index in [9.17, 15) is 14.3 Å². The van der Waals surface area contributed by atoms with E-state index in [1.807, 2.05) is 31.2 Å². The second-order valence-corrected chi connectivity index (χ2v) is 7.44. The zero-order valence-corrected chi connectivity index (χ0v) is 17.1. The van der Waals surface area contributed by atoms with E-state index in [1.54, 1.807) is 16.7 Å². The highest BCUT2D eigenvalue weighted by Crippen LogP contribution is 2.35. The zero-order valence-electron chi connectivity index (χ0n) is 15.6. The number of imidazole rings is 1. The first kappa shape index (κ1) is 20.1. The molecule has 0 aliphatic heterocycles. The van der Waals surface area contributed by atoms with E-state index >= 15 is 0 Å². The number of aromatic nitrogens is 3. The fourth-order valence-electron chi connectivity index (χ4n) is 3.11. The van der Waals surface area contributed by atoms with Crippen LogP contribution in [0.1, 0.15) is 16.1 Å². The Morgan fingerprint density at radius 2 is 1.73 bits per heavy atom. The van der Waals surface area contributed by atoms with Crippen molar-refractivity contribution in [1.82, 2.24) is 14.5 Å². The van der Waals surface area contributed by atoms with E-state index in [4.69, 9.17) is 23.2 Å². The molecule has 2 aromatic carbocycles. The van der Waals surface area contributed by atoms with Crippen molar-refractivity contribution in [2.75, 3.05) is 0 Å². The van der Waals surface area contributed by atoms with Gasteiger partial charge in [-0.05, 0) is 31.2 Å². The van der Waals surface area contributed by atoms with Gasteiger partial charge in [-0.3, -0.25) is 4.57 Å². The van der Waals surface area contributed by atoms with Crippen LogP contribution in [0.4, 0.5) is 4.39 Å². The number of pyridine rings is 1. The Kier molecular flexibility index (Phi) is 5.28. The Morgan fingerprint density at radius 1 is 1.03 bits per heavy atom. The molecule has 30 heavy (non-hydrogen) atoms. The van der Waals surface area contributed by atoms with Gasteiger partial charge < -0.3 is 5.11 Å². The second-order valence-electron chi connectivity index (χ2n) is 6.60. The molecule has 150 valence electrons. The highest BCUT2D eigenvalue weighted by Gasteiger charge is 2.26. The number of halogens is 3. The summed E-state index contributed by atoms with van der Waals surface area (Å²) in [4.78, 5) is 20.8. The van der Waals surface area contributed by atoms with Gasteiger partial charge in [0.25, 0.3) is 0 Å². The Balaban J connectivity index is 2.10. The number of carboxylic acids is 1. The standard InChI is InChI=1S/C22H14Cl2FN3O2/c1-12-2-4-13(5-3-12)21-27-19(22(29)30)20(14-6-7-17(25)16(24)10-14)28(21)18-11-15(23)8-9-26-18/h2-11H,1H3,(H,29,30). The van der Waals surface area contributed by atoms with Crippen LogP contribution in [0, 0.1) is 12.7 Å². The number of benzene rings is 2. The molecule has 0 bridgehead atoms. The third-order valence-corrected chi connectivity index (χ3v) is 5.04. The average molecular weight is 442 g/mol. The first-order valence-electron chi connectivity index (χ1n) is 8.85. The summed E-state index contributed by atoms with van der Waals surface area (Å²) in [5.41, 5.74) is 2.11. The minimum atomic E-state index is -1.24. The van der Waals surface area contributed by atoms with Crippen molar-refractivity contribution < 1.29 is 14.3 Å². The molecule has 2 heterocycles. The summed E-state index contributed by atoms with van der Waals surface area (Å²) in [7, 11) is 0. The third-order valence-electron chi connectivity index (χ3n) is 4.52. The summed E-state index contributed by atoms with van der Waals surface area (Å²) in [6.07, 6.45) is 1.51. The Hall–Kier alpha value is -3.22. The monoisotopic (exact) mass is 441 g/mol. The zero-order chi connectivity index (χ0) is 21.4. The van der Waals surface area contributed by atoms with Crippen molar-refractivity contribution in [2.24, 2.45) is 0 Å². The van der Waals surface area contributed by atoms with E-state index in [-0.39, 0.29) is 16.4 Å². The lowest BCUT2D eigenvalue weighted by Gasteiger charge is -2.13. The Morgan fingerprint density at radius 3 is 2.37 bits per heavy atom. The molecule has 0 radical (unpaired) electrons. The molecule has 0 atom stereocenters. The number of carboxylic acid groups (broad SMARTS) is 1. The van der Waals surface area contributed by atoms with Crippen LogP contribution in [0.5, 0.6) is 0 Å². The van der Waals surface area contributed by atoms with Gasteiger partial charge in [0.15, 0.2) is 5.69 Å². The first-order chi connectivity index (χ1) is 14.3. The van der Waals surface area contributed by atoms with Gasteiger partial charge in [-0.2, -0.15) is 0 Å². The van der Waals surface area contributed by atoms with Crippen molar-refractivity contribution in [3.05, 3.63) is 87.9 Å². The molecule has 0 spiro atoms. The minimum Gasteiger partial charge on any atom is -0.476 e. The molecule has 0 aliphatic rings. The molecule has 8 heteroatoms. The van der Waals surface area contributed by atoms with Gasteiger partial charge in [0.05, 0.1) is 10.7 Å². The number of aromatic carboxylic acids is 1. The molecule has 0 saturated heterocycles. The van der Waals surface area contributed by atoms with E-state index in [2.05, 4.69) is 9.97 Å². The van der Waals surface area contributed by atoms with Crippen LogP contribution in [-0.2, 0) is 0 Å². The van der Waals surface area contributed by atoms with Gasteiger partial charge >= 0.3 is 5.97 Å². The topological polar surface area (TPSA) is 68.0 Å². The molecule has 0 fully saturated rings. The molecule has 0 aliphatic carbocycles. The fraction of sp³-hybridized carbons (Fsp3) is 0.0455. The fourth-order valence-corrected chi connectivity index (χ4v) is 3.45. The maximum atomic E-state index is 13.8. The largest absolute Gasteiger partial charge is 0.476 e. The maximum Gasteiger partial charge on any atom is 0.356 e. The smallest absolute Gasteiger partial charge is 0.356 e. The molecule has 0 amide bonds. The van der Waals surface area contributed by atoms with Gasteiger partial charge in [0.2, 0.25) is 0 Å². The van der Waals surface area contributed by atoms with E-state index in [0.29, 0.717) is 27.8 Å². The molecule has 5 nitrogen and oxygen atoms in total. The number of hydrogen-bond donors (Lipinski definition) is 1. The molecule has 0 unspecified atom stereocenters. The summed E-state index contributed by atoms with van der Waals surface area (Å²) in [5, 5.41) is 10.1. The van der Waals surface area contributed by atoms with Crippen LogP contribution < -0.4 is 0 Å². The van der Waals surface area contributed by atoms with E-state index in [1.165, 1.54) is 24.4 Å². The first-order valence-corrected chi connectivity index (χ1v) is 9.61. The average Bonchev–Trinajstić information content (AvgIpc) is 3.11. The number of rotatable bonds is 4. The Labute approximate surface area is 181 Å². The lowest BCUT2D eigenvalue weighted by atomic mass is 10.1. The number of aryl methyl sites for hydroxylation is 1. The van der Waals surface area contributed by atoms with Gasteiger partial charge in [0, 0.05) is 28.4 Å². The minimum absolute atomic E-state index is 0.132. The van der Waals surface area contributed by atoms with Crippen molar-refractivity contribution in [3.63, 3.8) is 0 Å². The maximum absolute atomic E-state index is 13.8. The van der Waals surface area contributed by atoms with Crippen LogP contribution >= 0.6 is 23.2 Å². The van der Waals surface area contributed by atoms with Crippen molar-refractivity contribution >= 4 is 29.2 Å². The van der Waals surface area contributed by atoms with Gasteiger partial charge in [-0.25, -0.2) is 19.2 Å². The predicted octanol–water partition coefficient (Wildman–Crippen LogP) is 6.05. The second kappa shape index (κ2) is 7.89. The molecular weight excluding hydrogens is 428 g/mol. The van der Waals surface area contributed by atoms with Gasteiger partial charge in [-0.1, -0.05) is 53.0 Å². The summed E-state index contributed by atoms with van der Waals surface area (Å²) < 4.78 is 15.3. The molecule has 2 aromatic heterocycles. The number of carbonyl (C=O) groups is 1. The van der Waals surface area contributed by atoms with Crippen LogP contribution in [-0.4, -0.2) is 25.6 Å². The molecule has 0 saturated carbocycles. The van der Waals surface area contributed by atoms with Gasteiger partial charge in [0.1, 0.15) is 17.5 Å². The Bertz CT molecular complexity index is 1270. The SMILES string of the molecule is Cc1ccc(-c2nc(C(=O)O)c(-c3ccc(F)c(Cl)c3)n2-c2cc(Cl)ccn2)cc1. The van der Waals surface area contributed by atoms with E-state index in [0.717, 1.165) is 5.56 Å².